The largest absolute Gasteiger partial charge is 0.496 e. The molecule has 0 saturated carbocycles. The summed E-state index contributed by atoms with van der Waals surface area (Å²) >= 11 is 0. The van der Waals surface area contributed by atoms with Crippen molar-refractivity contribution in [2.45, 2.75) is 0 Å². The quantitative estimate of drug-likeness (QED) is 0.601. The Morgan fingerprint density at radius 3 is 2.77 bits per heavy atom. The Bertz CT molecular complexity index is 1090. The van der Waals surface area contributed by atoms with Crippen LogP contribution in [0.4, 0.5) is 5.69 Å². The molecule has 6 nitrogen and oxygen atoms in total. The number of pyridine rings is 1. The summed E-state index contributed by atoms with van der Waals surface area (Å²) in [7, 11) is 1.57. The van der Waals surface area contributed by atoms with Crippen molar-refractivity contribution in [2.24, 2.45) is 0 Å². The summed E-state index contributed by atoms with van der Waals surface area (Å²) < 4.78 is 10.8. The molecule has 2 aromatic heterocycles. The molecule has 0 aliphatic heterocycles. The van der Waals surface area contributed by atoms with Gasteiger partial charge in [-0.25, -0.2) is 4.98 Å². The van der Waals surface area contributed by atoms with Crippen molar-refractivity contribution < 1.29 is 13.9 Å². The monoisotopic (exact) mass is 345 g/mol. The van der Waals surface area contributed by atoms with Gasteiger partial charge < -0.3 is 14.5 Å². The van der Waals surface area contributed by atoms with E-state index in [-0.39, 0.29) is 11.6 Å². The molecule has 0 bridgehead atoms. The van der Waals surface area contributed by atoms with Crippen molar-refractivity contribution in [1.82, 2.24) is 9.97 Å². The molecule has 128 valence electrons. The number of oxazole rings is 1. The van der Waals surface area contributed by atoms with Crippen molar-refractivity contribution in [3.63, 3.8) is 0 Å². The first-order chi connectivity index (χ1) is 12.8. The number of ether oxygens (including phenoxy) is 1. The lowest BCUT2D eigenvalue weighted by Gasteiger charge is -2.08. The third-order valence-corrected chi connectivity index (χ3v) is 3.98. The van der Waals surface area contributed by atoms with E-state index in [1.54, 1.807) is 19.4 Å². The van der Waals surface area contributed by atoms with Crippen molar-refractivity contribution in [1.29, 1.82) is 0 Å². The molecule has 6 heteroatoms. The average molecular weight is 345 g/mol. The number of carbonyl (C=O) groups is 1. The average Bonchev–Trinajstić information content (AvgIpc) is 3.17. The SMILES string of the molecule is COc1ccccc1-c1ocnc1C(=O)Nc1cnc2ccccc2c1. The minimum atomic E-state index is -0.378. The van der Waals surface area contributed by atoms with Crippen LogP contribution >= 0.6 is 0 Å². The van der Waals surface area contributed by atoms with Crippen molar-refractivity contribution >= 4 is 22.5 Å². The van der Waals surface area contributed by atoms with E-state index in [2.05, 4.69) is 15.3 Å². The molecule has 4 rings (SSSR count). The molecular formula is C20H15N3O3. The molecule has 1 amide bonds. The predicted molar refractivity (Wildman–Crippen MR) is 98.2 cm³/mol. The van der Waals surface area contributed by atoms with Gasteiger partial charge in [-0.05, 0) is 24.3 Å². The molecule has 0 unspecified atom stereocenters. The smallest absolute Gasteiger partial charge is 0.278 e. The summed E-state index contributed by atoms with van der Waals surface area (Å²) in [5, 5.41) is 3.76. The van der Waals surface area contributed by atoms with Gasteiger partial charge in [-0.1, -0.05) is 30.3 Å². The van der Waals surface area contributed by atoms with E-state index >= 15 is 0 Å². The second-order valence-electron chi connectivity index (χ2n) is 5.60. The van der Waals surface area contributed by atoms with Gasteiger partial charge in [0.15, 0.2) is 17.8 Å². The van der Waals surface area contributed by atoms with Crippen LogP contribution in [0, 0.1) is 0 Å². The number of amides is 1. The number of fused-ring (bicyclic) bond motifs is 1. The molecule has 0 aliphatic carbocycles. The number of nitrogens with zero attached hydrogens (tertiary/aromatic N) is 2. The number of aromatic nitrogens is 2. The molecule has 0 aliphatic rings. The fraction of sp³-hybridized carbons (Fsp3) is 0.0500. The summed E-state index contributed by atoms with van der Waals surface area (Å²) in [6.45, 7) is 0. The molecule has 2 aromatic carbocycles. The van der Waals surface area contributed by atoms with E-state index in [1.165, 1.54) is 6.39 Å². The van der Waals surface area contributed by atoms with E-state index in [0.717, 1.165) is 10.9 Å². The fourth-order valence-electron chi connectivity index (χ4n) is 2.76. The zero-order valence-electron chi connectivity index (χ0n) is 14.0. The number of benzene rings is 2. The van der Waals surface area contributed by atoms with Gasteiger partial charge in [-0.2, -0.15) is 0 Å². The molecule has 0 spiro atoms. The molecule has 1 N–H and O–H groups in total. The van der Waals surface area contributed by atoms with Crippen molar-refractivity contribution in [3.05, 3.63) is 72.9 Å². The number of methoxy groups -OCH3 is 1. The lowest BCUT2D eigenvalue weighted by Crippen LogP contribution is -2.13. The Kier molecular flexibility index (Phi) is 4.07. The molecule has 0 atom stereocenters. The number of anilines is 1. The summed E-state index contributed by atoms with van der Waals surface area (Å²) in [6.07, 6.45) is 2.86. The summed E-state index contributed by atoms with van der Waals surface area (Å²) in [6, 6.07) is 16.9. The third kappa shape index (κ3) is 2.88. The Hall–Kier alpha value is -3.67. The zero-order chi connectivity index (χ0) is 17.9. The molecule has 0 saturated heterocycles. The number of hydrogen-bond acceptors (Lipinski definition) is 5. The summed E-state index contributed by atoms with van der Waals surface area (Å²) in [5.74, 6) is 0.580. The van der Waals surface area contributed by atoms with Crippen LogP contribution in [0.5, 0.6) is 5.75 Å². The molecule has 26 heavy (non-hydrogen) atoms. The van der Waals surface area contributed by atoms with Gasteiger partial charge >= 0.3 is 0 Å². The van der Waals surface area contributed by atoms with Crippen LogP contribution in [0.3, 0.4) is 0 Å². The lowest BCUT2D eigenvalue weighted by molar-refractivity contribution is 0.102. The Morgan fingerprint density at radius 1 is 1.08 bits per heavy atom. The van der Waals surface area contributed by atoms with Gasteiger partial charge in [0, 0.05) is 5.39 Å². The van der Waals surface area contributed by atoms with Gasteiger partial charge in [0.2, 0.25) is 0 Å². The van der Waals surface area contributed by atoms with Crippen LogP contribution in [0.2, 0.25) is 0 Å². The first-order valence-electron chi connectivity index (χ1n) is 7.99. The van der Waals surface area contributed by atoms with Crippen LogP contribution in [0.25, 0.3) is 22.2 Å². The Morgan fingerprint density at radius 2 is 1.88 bits per heavy atom. The normalized spacial score (nSPS) is 10.7. The lowest BCUT2D eigenvalue weighted by atomic mass is 10.1. The highest BCUT2D eigenvalue weighted by Crippen LogP contribution is 2.32. The first-order valence-corrected chi connectivity index (χ1v) is 7.99. The maximum Gasteiger partial charge on any atom is 0.278 e. The number of carbonyl (C=O) groups excluding carboxylic acids is 1. The molecule has 2 heterocycles. The van der Waals surface area contributed by atoms with E-state index in [1.807, 2.05) is 48.5 Å². The fourth-order valence-corrected chi connectivity index (χ4v) is 2.76. The maximum atomic E-state index is 12.7. The number of para-hydroxylation sites is 2. The minimum Gasteiger partial charge on any atom is -0.496 e. The third-order valence-electron chi connectivity index (χ3n) is 3.98. The Balaban J connectivity index is 1.66. The summed E-state index contributed by atoms with van der Waals surface area (Å²) in [5.41, 5.74) is 2.29. The molecular weight excluding hydrogens is 330 g/mol. The zero-order valence-corrected chi connectivity index (χ0v) is 14.0. The maximum absolute atomic E-state index is 12.7. The highest BCUT2D eigenvalue weighted by Gasteiger charge is 2.21. The standard InChI is InChI=1S/C20H15N3O3/c1-25-17-9-5-3-7-15(17)19-18(22-12-26-19)20(24)23-14-10-13-6-2-4-8-16(13)21-11-14/h2-12H,1H3,(H,23,24). The highest BCUT2D eigenvalue weighted by atomic mass is 16.5. The second-order valence-corrected chi connectivity index (χ2v) is 5.60. The van der Waals surface area contributed by atoms with Crippen LogP contribution in [-0.4, -0.2) is 23.0 Å². The first kappa shape index (κ1) is 15.8. The number of hydrogen-bond donors (Lipinski definition) is 1. The summed E-state index contributed by atoms with van der Waals surface area (Å²) in [4.78, 5) is 21.1. The van der Waals surface area contributed by atoms with Crippen molar-refractivity contribution in [2.75, 3.05) is 12.4 Å². The van der Waals surface area contributed by atoms with Crippen LogP contribution in [-0.2, 0) is 0 Å². The molecule has 0 radical (unpaired) electrons. The minimum absolute atomic E-state index is 0.183. The van der Waals surface area contributed by atoms with E-state index in [4.69, 9.17) is 9.15 Å². The predicted octanol–water partition coefficient (Wildman–Crippen LogP) is 4.15. The van der Waals surface area contributed by atoms with E-state index < -0.39 is 0 Å². The molecule has 0 fully saturated rings. The van der Waals surface area contributed by atoms with E-state index in [9.17, 15) is 4.79 Å². The van der Waals surface area contributed by atoms with Crippen LogP contribution < -0.4 is 10.1 Å². The topological polar surface area (TPSA) is 77.2 Å². The van der Waals surface area contributed by atoms with Gasteiger partial charge in [0.05, 0.1) is 30.1 Å². The molecule has 4 aromatic rings. The second kappa shape index (κ2) is 6.68. The van der Waals surface area contributed by atoms with Gasteiger partial charge in [0.25, 0.3) is 5.91 Å². The van der Waals surface area contributed by atoms with Gasteiger partial charge in [0.1, 0.15) is 5.75 Å². The van der Waals surface area contributed by atoms with Crippen molar-refractivity contribution in [3.8, 4) is 17.1 Å². The highest BCUT2D eigenvalue weighted by molar-refractivity contribution is 6.07. The van der Waals surface area contributed by atoms with Gasteiger partial charge in [-0.15, -0.1) is 0 Å². The number of rotatable bonds is 4. The number of nitrogens with one attached hydrogen (secondary N) is 1. The van der Waals surface area contributed by atoms with Gasteiger partial charge in [-0.3, -0.25) is 9.78 Å². The van der Waals surface area contributed by atoms with E-state index in [0.29, 0.717) is 22.8 Å². The van der Waals surface area contributed by atoms with Crippen LogP contribution in [0.15, 0.2) is 71.6 Å². The van der Waals surface area contributed by atoms with Crippen LogP contribution in [0.1, 0.15) is 10.5 Å². The Labute approximate surface area is 149 Å².